The van der Waals surface area contributed by atoms with Gasteiger partial charge in [-0.05, 0) is 5.94 Å². The Morgan fingerprint density at radius 1 is 1.40 bits per heavy atom. The molecule has 0 aromatic carbocycles. The average Bonchev–Trinajstić information content (AvgIpc) is 1.83. The summed E-state index contributed by atoms with van der Waals surface area (Å²) >= 11 is 0. The summed E-state index contributed by atoms with van der Waals surface area (Å²) in [7, 11) is 0. The van der Waals surface area contributed by atoms with Crippen LogP contribution < -0.4 is 5.73 Å². The molecule has 0 aliphatic heterocycles. The summed E-state index contributed by atoms with van der Waals surface area (Å²) in [4.78, 5) is 0. The fraction of sp³-hybridized carbons (Fsp3) is 1.00. The van der Waals surface area contributed by atoms with Gasteiger partial charge < -0.3 is 18.7 Å². The maximum absolute atomic E-state index is 11.8. The fourth-order valence-corrected chi connectivity index (χ4v) is 0.645. The molecule has 0 aromatic rings. The average molecular weight is 154 g/mol. The highest BCUT2D eigenvalue weighted by Gasteiger charge is 2.34. The van der Waals surface area contributed by atoms with E-state index in [0.29, 0.717) is 6.42 Å². The van der Waals surface area contributed by atoms with Crippen LogP contribution in [0.15, 0.2) is 0 Å². The monoisotopic (exact) mass is 154 g/mol. The van der Waals surface area contributed by atoms with Crippen molar-refractivity contribution in [2.75, 3.05) is 0 Å². The van der Waals surface area contributed by atoms with E-state index in [-0.39, 0.29) is 0 Å². The molecule has 2 unspecified atom stereocenters. The third-order valence-corrected chi connectivity index (χ3v) is 1.74. The van der Waals surface area contributed by atoms with E-state index in [9.17, 15) is 12.9 Å². The van der Waals surface area contributed by atoms with Crippen molar-refractivity contribution in [1.29, 1.82) is 0 Å². The Balaban J connectivity index is 3.94. The minimum absolute atomic E-state index is 0.458. The van der Waals surface area contributed by atoms with Crippen molar-refractivity contribution in [3.63, 3.8) is 0 Å². The van der Waals surface area contributed by atoms with Crippen LogP contribution in [-0.4, -0.2) is 12.9 Å². The number of nitrogens with two attached hydrogens (primary N) is 1. The standard InChI is InChI=1S/C5H12BF3N/c1-3-4(2)5(10)6(7,8)9/h4-5H,3,10H2,1-2H3/q-1. The first-order chi connectivity index (χ1) is 4.39. The van der Waals surface area contributed by atoms with Gasteiger partial charge in [0.2, 0.25) is 0 Å². The number of rotatable bonds is 3. The molecule has 0 saturated heterocycles. The van der Waals surface area contributed by atoms with Crippen molar-refractivity contribution >= 4 is 6.98 Å². The first-order valence-electron chi connectivity index (χ1n) is 3.35. The zero-order valence-electron chi connectivity index (χ0n) is 6.15. The molecule has 10 heavy (non-hydrogen) atoms. The van der Waals surface area contributed by atoms with Gasteiger partial charge in [0.05, 0.1) is 0 Å². The van der Waals surface area contributed by atoms with E-state index in [4.69, 9.17) is 5.73 Å². The molecule has 2 atom stereocenters. The molecule has 5 heteroatoms. The molecule has 0 aromatic heterocycles. The normalized spacial score (nSPS) is 18.6. The van der Waals surface area contributed by atoms with Crippen molar-refractivity contribution in [2.45, 2.75) is 26.2 Å². The molecular formula is C5H12BF3N-. The third kappa shape index (κ3) is 2.60. The lowest BCUT2D eigenvalue weighted by Crippen LogP contribution is -2.46. The summed E-state index contributed by atoms with van der Waals surface area (Å²) in [6.07, 6.45) is 0.475. The minimum Gasteiger partial charge on any atom is -0.448 e. The van der Waals surface area contributed by atoms with Gasteiger partial charge in [-0.15, -0.1) is 0 Å². The number of halogens is 3. The summed E-state index contributed by atoms with van der Waals surface area (Å²) < 4.78 is 35.5. The Hall–Kier alpha value is -0.185. The second-order valence-electron chi connectivity index (χ2n) is 2.59. The Morgan fingerprint density at radius 2 is 1.80 bits per heavy atom. The smallest absolute Gasteiger partial charge is 0.448 e. The van der Waals surface area contributed by atoms with Gasteiger partial charge in [-0.25, -0.2) is 0 Å². The lowest BCUT2D eigenvalue weighted by atomic mass is 9.72. The van der Waals surface area contributed by atoms with Gasteiger partial charge in [0.1, 0.15) is 0 Å². The van der Waals surface area contributed by atoms with E-state index in [1.165, 1.54) is 6.92 Å². The highest BCUT2D eigenvalue weighted by molar-refractivity contribution is 6.60. The first-order valence-corrected chi connectivity index (χ1v) is 3.35. The van der Waals surface area contributed by atoms with E-state index in [2.05, 4.69) is 0 Å². The molecule has 0 rings (SSSR count). The molecule has 62 valence electrons. The molecule has 0 aliphatic rings. The molecule has 0 spiro atoms. The summed E-state index contributed by atoms with van der Waals surface area (Å²) in [6, 6.07) is 0. The summed E-state index contributed by atoms with van der Waals surface area (Å²) in [5.41, 5.74) is 4.91. The lowest BCUT2D eigenvalue weighted by Gasteiger charge is -2.27. The summed E-state index contributed by atoms with van der Waals surface area (Å²) in [5, 5.41) is 0. The Kier molecular flexibility index (Phi) is 3.22. The van der Waals surface area contributed by atoms with Crippen molar-refractivity contribution in [3.8, 4) is 0 Å². The van der Waals surface area contributed by atoms with Crippen molar-refractivity contribution in [1.82, 2.24) is 0 Å². The Morgan fingerprint density at radius 3 is 1.90 bits per heavy atom. The molecule has 2 N–H and O–H groups in total. The van der Waals surface area contributed by atoms with Crippen LogP contribution in [0, 0.1) is 5.92 Å². The van der Waals surface area contributed by atoms with Crippen LogP contribution >= 0.6 is 0 Å². The number of hydrogen-bond acceptors (Lipinski definition) is 1. The van der Waals surface area contributed by atoms with Gasteiger partial charge in [-0.2, -0.15) is 0 Å². The van der Waals surface area contributed by atoms with E-state index < -0.39 is 18.8 Å². The Bertz CT molecular complexity index is 104. The van der Waals surface area contributed by atoms with E-state index in [0.717, 1.165) is 0 Å². The predicted molar refractivity (Wildman–Crippen MR) is 36.5 cm³/mol. The lowest BCUT2D eigenvalue weighted by molar-refractivity contribution is 0.381. The van der Waals surface area contributed by atoms with Crippen LogP contribution in [0.1, 0.15) is 20.3 Å². The third-order valence-electron chi connectivity index (χ3n) is 1.74. The van der Waals surface area contributed by atoms with Gasteiger partial charge in [-0.3, -0.25) is 0 Å². The second-order valence-corrected chi connectivity index (χ2v) is 2.59. The summed E-state index contributed by atoms with van der Waals surface area (Å²) in [5.74, 6) is -2.06. The maximum Gasteiger partial charge on any atom is 0.494 e. The molecule has 0 saturated carbocycles. The van der Waals surface area contributed by atoms with Crippen LogP contribution in [0.2, 0.25) is 0 Å². The van der Waals surface area contributed by atoms with Crippen LogP contribution in [0.3, 0.4) is 0 Å². The largest absolute Gasteiger partial charge is 0.494 e. The van der Waals surface area contributed by atoms with Gasteiger partial charge in [0.25, 0.3) is 0 Å². The first kappa shape index (κ1) is 9.81. The van der Waals surface area contributed by atoms with E-state index >= 15 is 0 Å². The molecule has 0 bridgehead atoms. The highest BCUT2D eigenvalue weighted by Crippen LogP contribution is 2.20. The molecule has 0 heterocycles. The zero-order chi connectivity index (χ0) is 8.36. The molecule has 0 radical (unpaired) electrons. The topological polar surface area (TPSA) is 26.0 Å². The van der Waals surface area contributed by atoms with E-state index in [1.54, 1.807) is 6.92 Å². The molecular weight excluding hydrogens is 142 g/mol. The van der Waals surface area contributed by atoms with Crippen LogP contribution in [-0.2, 0) is 0 Å². The summed E-state index contributed by atoms with van der Waals surface area (Å²) in [6.45, 7) is -1.62. The molecule has 0 fully saturated rings. The quantitative estimate of drug-likeness (QED) is 0.615. The highest BCUT2D eigenvalue weighted by atomic mass is 19.4. The minimum atomic E-state index is -4.84. The van der Waals surface area contributed by atoms with Gasteiger partial charge in [-0.1, -0.05) is 26.2 Å². The van der Waals surface area contributed by atoms with Crippen molar-refractivity contribution < 1.29 is 12.9 Å². The molecule has 1 nitrogen and oxygen atoms in total. The van der Waals surface area contributed by atoms with Crippen LogP contribution in [0.5, 0.6) is 0 Å². The van der Waals surface area contributed by atoms with Crippen LogP contribution in [0.25, 0.3) is 0 Å². The number of hydrogen-bond donors (Lipinski definition) is 1. The Labute approximate surface area is 58.8 Å². The van der Waals surface area contributed by atoms with Gasteiger partial charge >= 0.3 is 6.98 Å². The van der Waals surface area contributed by atoms with Crippen molar-refractivity contribution in [2.24, 2.45) is 11.7 Å². The molecule has 0 amide bonds. The van der Waals surface area contributed by atoms with Gasteiger partial charge in [0.15, 0.2) is 0 Å². The van der Waals surface area contributed by atoms with E-state index in [1.807, 2.05) is 0 Å². The SMILES string of the molecule is CCC(C)C(N)[B-](F)(F)F. The molecule has 0 aliphatic carbocycles. The zero-order valence-corrected chi connectivity index (χ0v) is 6.15. The van der Waals surface area contributed by atoms with Crippen LogP contribution in [0.4, 0.5) is 12.9 Å². The predicted octanol–water partition coefficient (Wildman–Crippen LogP) is 1.75. The second kappa shape index (κ2) is 3.28. The van der Waals surface area contributed by atoms with Gasteiger partial charge in [0, 0.05) is 0 Å². The van der Waals surface area contributed by atoms with Crippen molar-refractivity contribution in [3.05, 3.63) is 0 Å². The fourth-order valence-electron chi connectivity index (χ4n) is 0.645. The maximum atomic E-state index is 11.8.